The fourth-order valence-electron chi connectivity index (χ4n) is 2.46. The minimum Gasteiger partial charge on any atom is -0.456 e. The highest BCUT2D eigenvalue weighted by Gasteiger charge is 2.18. The van der Waals surface area contributed by atoms with Gasteiger partial charge in [0.25, 0.3) is 5.69 Å². The lowest BCUT2D eigenvalue weighted by Gasteiger charge is -2.01. The summed E-state index contributed by atoms with van der Waals surface area (Å²) < 4.78 is 18.5. The highest BCUT2D eigenvalue weighted by molar-refractivity contribution is 6.06. The average molecular weight is 351 g/mol. The van der Waals surface area contributed by atoms with Gasteiger partial charge in [0.2, 0.25) is 0 Å². The quantitative estimate of drug-likeness (QED) is 0.274. The molecule has 0 aliphatic carbocycles. The molecule has 0 N–H and O–H groups in total. The molecule has 0 aliphatic heterocycles. The molecule has 0 bridgehead atoms. The van der Waals surface area contributed by atoms with Crippen LogP contribution in [0.4, 0.5) is 10.1 Å². The van der Waals surface area contributed by atoms with Crippen LogP contribution in [0, 0.1) is 22.9 Å². The molecule has 0 saturated carbocycles. The van der Waals surface area contributed by atoms with Gasteiger partial charge >= 0.3 is 0 Å². The molecule has 5 nitrogen and oxygen atoms in total. The molecule has 1 heterocycles. The van der Waals surface area contributed by atoms with Gasteiger partial charge in [0.05, 0.1) is 10.5 Å². The maximum absolute atomic E-state index is 12.9. The molecule has 0 fully saturated rings. The number of nitro groups is 1. The molecule has 0 saturated heterocycles. The van der Waals surface area contributed by atoms with E-state index in [1.54, 1.807) is 31.2 Å². The molecule has 0 radical (unpaired) electrons. The first-order chi connectivity index (χ1) is 12.4. The number of hydrogen-bond acceptors (Lipinski definition) is 4. The summed E-state index contributed by atoms with van der Waals surface area (Å²) in [4.78, 5) is 22.8. The largest absolute Gasteiger partial charge is 0.456 e. The molecule has 3 rings (SSSR count). The minimum absolute atomic E-state index is 0.0442. The first kappa shape index (κ1) is 17.3. The molecule has 0 atom stereocenters. The third-order valence-electron chi connectivity index (χ3n) is 3.77. The van der Waals surface area contributed by atoms with Crippen molar-refractivity contribution in [3.8, 4) is 11.3 Å². The van der Waals surface area contributed by atoms with E-state index in [9.17, 15) is 19.3 Å². The van der Waals surface area contributed by atoms with Crippen LogP contribution in [0.25, 0.3) is 17.4 Å². The smallest absolute Gasteiger partial charge is 0.280 e. The van der Waals surface area contributed by atoms with Gasteiger partial charge in [-0.2, -0.15) is 0 Å². The summed E-state index contributed by atoms with van der Waals surface area (Å²) in [6.07, 6.45) is 2.77. The van der Waals surface area contributed by atoms with Crippen LogP contribution in [0.5, 0.6) is 0 Å². The lowest BCUT2D eigenvalue weighted by atomic mass is 10.1. The van der Waals surface area contributed by atoms with Gasteiger partial charge in [0.1, 0.15) is 17.3 Å². The van der Waals surface area contributed by atoms with E-state index < -0.39 is 10.7 Å². The number of allylic oxidation sites excluding steroid dienone is 1. The van der Waals surface area contributed by atoms with Gasteiger partial charge in [-0.25, -0.2) is 4.39 Å². The molecule has 130 valence electrons. The minimum atomic E-state index is -0.460. The van der Waals surface area contributed by atoms with Crippen molar-refractivity contribution in [1.29, 1.82) is 0 Å². The van der Waals surface area contributed by atoms with Crippen molar-refractivity contribution in [2.45, 2.75) is 6.92 Å². The fourth-order valence-corrected chi connectivity index (χ4v) is 2.46. The van der Waals surface area contributed by atoms with Crippen molar-refractivity contribution >= 4 is 17.5 Å². The lowest BCUT2D eigenvalue weighted by molar-refractivity contribution is -0.384. The topological polar surface area (TPSA) is 73.3 Å². The molecule has 0 aliphatic rings. The van der Waals surface area contributed by atoms with E-state index in [1.807, 2.05) is 0 Å². The van der Waals surface area contributed by atoms with Gasteiger partial charge in [-0.1, -0.05) is 6.07 Å². The Bertz CT molecular complexity index is 1000. The van der Waals surface area contributed by atoms with Crippen molar-refractivity contribution < 1.29 is 18.5 Å². The van der Waals surface area contributed by atoms with Gasteiger partial charge < -0.3 is 4.42 Å². The van der Waals surface area contributed by atoms with Gasteiger partial charge in [-0.3, -0.25) is 14.9 Å². The Morgan fingerprint density at radius 2 is 1.85 bits per heavy atom. The Hall–Kier alpha value is -3.54. The van der Waals surface area contributed by atoms with E-state index >= 15 is 0 Å². The summed E-state index contributed by atoms with van der Waals surface area (Å²) in [7, 11) is 0. The van der Waals surface area contributed by atoms with Crippen LogP contribution in [0.15, 0.2) is 65.1 Å². The number of nitrogens with zero attached hydrogens (tertiary/aromatic N) is 1. The number of rotatable bonds is 5. The lowest BCUT2D eigenvalue weighted by Crippen LogP contribution is -1.93. The van der Waals surface area contributed by atoms with E-state index in [-0.39, 0.29) is 11.5 Å². The second-order valence-corrected chi connectivity index (χ2v) is 5.68. The van der Waals surface area contributed by atoms with Gasteiger partial charge in [-0.05, 0) is 67.1 Å². The normalized spacial score (nSPS) is 11.0. The summed E-state index contributed by atoms with van der Waals surface area (Å²) in [6, 6.07) is 13.3. The van der Waals surface area contributed by atoms with Crippen molar-refractivity contribution in [3.63, 3.8) is 0 Å². The van der Waals surface area contributed by atoms with E-state index in [4.69, 9.17) is 4.42 Å². The van der Waals surface area contributed by atoms with Crippen LogP contribution in [-0.2, 0) is 0 Å². The highest BCUT2D eigenvalue weighted by Crippen LogP contribution is 2.32. The molecular weight excluding hydrogens is 337 g/mol. The van der Waals surface area contributed by atoms with E-state index in [2.05, 4.69) is 0 Å². The van der Waals surface area contributed by atoms with Crippen LogP contribution in [0.1, 0.15) is 21.7 Å². The summed E-state index contributed by atoms with van der Waals surface area (Å²) in [6.45, 7) is 1.77. The van der Waals surface area contributed by atoms with Crippen molar-refractivity contribution in [2.24, 2.45) is 0 Å². The first-order valence-electron chi connectivity index (χ1n) is 7.77. The standard InChI is InChI=1S/C20H14FNO4/c1-13-2-9-17(18(12-13)22(24)25)20-11-8-16(26-20)7-10-19(23)14-3-5-15(21)6-4-14/h2-12H,1H3. The number of ketones is 1. The van der Waals surface area contributed by atoms with Crippen LogP contribution >= 0.6 is 0 Å². The summed E-state index contributed by atoms with van der Waals surface area (Å²) in [5, 5.41) is 11.2. The molecule has 6 heteroatoms. The summed E-state index contributed by atoms with van der Waals surface area (Å²) in [5.41, 5.74) is 1.45. The Labute approximate surface area is 148 Å². The van der Waals surface area contributed by atoms with Crippen LogP contribution in [0.3, 0.4) is 0 Å². The zero-order valence-electron chi connectivity index (χ0n) is 13.8. The zero-order chi connectivity index (χ0) is 18.7. The van der Waals surface area contributed by atoms with Gasteiger partial charge in [0.15, 0.2) is 5.78 Å². The molecule has 0 amide bonds. The Balaban J connectivity index is 1.83. The Kier molecular flexibility index (Phi) is 4.75. The summed E-state index contributed by atoms with van der Waals surface area (Å²) >= 11 is 0. The average Bonchev–Trinajstić information content (AvgIpc) is 3.09. The number of carbonyl (C=O) groups is 1. The van der Waals surface area contributed by atoms with Crippen molar-refractivity contribution in [2.75, 3.05) is 0 Å². The molecule has 1 aromatic heterocycles. The summed E-state index contributed by atoms with van der Waals surface area (Å²) in [5.74, 6) is 0.00100. The molecule has 26 heavy (non-hydrogen) atoms. The van der Waals surface area contributed by atoms with Crippen LogP contribution in [-0.4, -0.2) is 10.7 Å². The molecule has 2 aromatic carbocycles. The predicted molar refractivity (Wildman–Crippen MR) is 95.3 cm³/mol. The number of aryl methyl sites for hydroxylation is 1. The van der Waals surface area contributed by atoms with E-state index in [1.165, 1.54) is 42.5 Å². The molecule has 0 spiro atoms. The maximum atomic E-state index is 12.9. The van der Waals surface area contributed by atoms with Crippen molar-refractivity contribution in [3.05, 3.63) is 93.5 Å². The Morgan fingerprint density at radius 1 is 1.12 bits per heavy atom. The Morgan fingerprint density at radius 3 is 2.54 bits per heavy atom. The zero-order valence-corrected chi connectivity index (χ0v) is 13.8. The molecule has 0 unspecified atom stereocenters. The maximum Gasteiger partial charge on any atom is 0.280 e. The SMILES string of the molecule is Cc1ccc(-c2ccc(C=CC(=O)c3ccc(F)cc3)o2)c([N+](=O)[O-])c1. The number of nitro benzene ring substituents is 1. The number of halogens is 1. The number of hydrogen-bond donors (Lipinski definition) is 0. The van der Waals surface area contributed by atoms with Crippen molar-refractivity contribution in [1.82, 2.24) is 0 Å². The fraction of sp³-hybridized carbons (Fsp3) is 0.0500. The monoisotopic (exact) mass is 351 g/mol. The number of furan rings is 1. The predicted octanol–water partition coefficient (Wildman–Crippen LogP) is 5.20. The molecular formula is C20H14FNO4. The van der Waals surface area contributed by atoms with E-state index in [0.717, 1.165) is 5.56 Å². The van der Waals surface area contributed by atoms with Crippen LogP contribution < -0.4 is 0 Å². The third kappa shape index (κ3) is 3.75. The second-order valence-electron chi connectivity index (χ2n) is 5.68. The number of benzene rings is 2. The van der Waals surface area contributed by atoms with Gasteiger partial charge in [0, 0.05) is 11.6 Å². The third-order valence-corrected chi connectivity index (χ3v) is 3.77. The van der Waals surface area contributed by atoms with E-state index in [0.29, 0.717) is 22.6 Å². The highest BCUT2D eigenvalue weighted by atomic mass is 19.1. The molecule has 3 aromatic rings. The second kappa shape index (κ2) is 7.14. The first-order valence-corrected chi connectivity index (χ1v) is 7.77. The van der Waals surface area contributed by atoms with Gasteiger partial charge in [-0.15, -0.1) is 0 Å². The number of carbonyl (C=O) groups excluding carboxylic acids is 1. The van der Waals surface area contributed by atoms with Crippen LogP contribution in [0.2, 0.25) is 0 Å².